The van der Waals surface area contributed by atoms with Gasteiger partial charge in [0.25, 0.3) is 5.85 Å². The standard InChI is InChI=1S/C11H13FN2O6/c1-10-7(18-5-19-10)11(12,4-15)20-8(10)14-3-2-6(16)13-9(14)17/h2-3,7-8,15H,4-5H2,1H3,(H,13,16,17)/p+1/t7-,8+,10+,11+/m0/s1. The van der Waals surface area contributed by atoms with Crippen LogP contribution in [0.15, 0.2) is 17.1 Å². The number of aromatic amines is 1. The summed E-state index contributed by atoms with van der Waals surface area (Å²) in [6.07, 6.45) is -1.01. The summed E-state index contributed by atoms with van der Waals surface area (Å²) in [4.78, 5) is 13.3. The van der Waals surface area contributed by atoms with E-state index < -0.39 is 42.0 Å². The summed E-state index contributed by atoms with van der Waals surface area (Å²) in [7, 11) is 0. The molecule has 8 nitrogen and oxygen atoms in total. The Hall–Kier alpha value is -1.55. The fourth-order valence-corrected chi connectivity index (χ4v) is 2.67. The molecule has 3 N–H and O–H groups in total. The molecule has 0 spiro atoms. The van der Waals surface area contributed by atoms with Crippen LogP contribution in [0.2, 0.25) is 0 Å². The molecule has 110 valence electrons. The molecule has 2 aliphatic rings. The van der Waals surface area contributed by atoms with Crippen molar-refractivity contribution in [3.8, 4) is 6.01 Å². The summed E-state index contributed by atoms with van der Waals surface area (Å²) in [5, 5.41) is 19.0. The predicted molar refractivity (Wildman–Crippen MR) is 59.2 cm³/mol. The van der Waals surface area contributed by atoms with Gasteiger partial charge in [-0.25, -0.2) is 9.18 Å². The van der Waals surface area contributed by atoms with Gasteiger partial charge in [0.05, 0.1) is 6.07 Å². The third-order valence-corrected chi connectivity index (χ3v) is 3.65. The lowest BCUT2D eigenvalue weighted by Gasteiger charge is -2.24. The van der Waals surface area contributed by atoms with Gasteiger partial charge in [0.1, 0.15) is 19.6 Å². The van der Waals surface area contributed by atoms with E-state index in [1.165, 1.54) is 6.20 Å². The van der Waals surface area contributed by atoms with E-state index in [9.17, 15) is 19.4 Å². The van der Waals surface area contributed by atoms with Gasteiger partial charge >= 0.3 is 11.6 Å². The van der Waals surface area contributed by atoms with Crippen LogP contribution in [-0.2, 0) is 14.2 Å². The molecular weight excluding hydrogens is 275 g/mol. The Kier molecular flexibility index (Phi) is 2.83. The van der Waals surface area contributed by atoms with Gasteiger partial charge in [0, 0.05) is 0 Å². The molecule has 0 aromatic carbocycles. The zero-order valence-electron chi connectivity index (χ0n) is 10.6. The second-order valence-electron chi connectivity index (χ2n) is 4.94. The SMILES string of the molecule is C[C@@]12OCO[C@@H]1[C@@](F)(CO)O[C@H]2[n+]1ccc(=O)[nH]c1O. The molecule has 1 aromatic rings. The number of nitrogens with one attached hydrogen (secondary N) is 1. The minimum absolute atomic E-state index is 0.155. The number of ether oxygens (including phenoxy) is 3. The smallest absolute Gasteiger partial charge is 0.446 e. The van der Waals surface area contributed by atoms with E-state index in [0.717, 1.165) is 10.6 Å². The van der Waals surface area contributed by atoms with Crippen LogP contribution in [0, 0.1) is 0 Å². The maximum absolute atomic E-state index is 14.5. The first-order valence-electron chi connectivity index (χ1n) is 5.97. The Balaban J connectivity index is 2.07. The molecule has 0 aliphatic carbocycles. The number of nitrogens with zero attached hydrogens (tertiary/aromatic N) is 1. The van der Waals surface area contributed by atoms with Gasteiger partial charge < -0.3 is 19.7 Å². The number of hydrogen-bond acceptors (Lipinski definition) is 6. The molecule has 3 rings (SSSR count). The number of alkyl halides is 1. The van der Waals surface area contributed by atoms with Crippen molar-refractivity contribution in [2.45, 2.75) is 30.7 Å². The Morgan fingerprint density at radius 1 is 1.65 bits per heavy atom. The third-order valence-electron chi connectivity index (χ3n) is 3.65. The van der Waals surface area contributed by atoms with E-state index in [-0.39, 0.29) is 6.79 Å². The summed E-state index contributed by atoms with van der Waals surface area (Å²) >= 11 is 0. The van der Waals surface area contributed by atoms with Gasteiger partial charge in [0.2, 0.25) is 6.23 Å². The van der Waals surface area contributed by atoms with Gasteiger partial charge in [-0.2, -0.15) is 9.55 Å². The molecule has 0 bridgehead atoms. The van der Waals surface area contributed by atoms with Crippen molar-refractivity contribution in [1.29, 1.82) is 0 Å². The summed E-state index contributed by atoms with van der Waals surface area (Å²) in [6, 6.07) is 0.634. The molecule has 2 aliphatic heterocycles. The Labute approximate surface area is 112 Å². The number of aliphatic hydroxyl groups excluding tert-OH is 1. The van der Waals surface area contributed by atoms with Gasteiger partial charge in [-0.05, 0) is 6.92 Å². The van der Waals surface area contributed by atoms with Crippen LogP contribution in [0.5, 0.6) is 6.01 Å². The highest BCUT2D eigenvalue weighted by molar-refractivity contribution is 5.04. The number of fused-ring (bicyclic) bond motifs is 1. The molecule has 0 unspecified atom stereocenters. The first-order valence-corrected chi connectivity index (χ1v) is 5.97. The van der Waals surface area contributed by atoms with Crippen molar-refractivity contribution in [2.24, 2.45) is 0 Å². The number of aromatic hydroxyl groups is 1. The molecule has 3 heterocycles. The number of aliphatic hydroxyl groups is 1. The van der Waals surface area contributed by atoms with Crippen LogP contribution in [0.1, 0.15) is 13.2 Å². The fourth-order valence-electron chi connectivity index (χ4n) is 2.67. The van der Waals surface area contributed by atoms with Crippen LogP contribution in [0.4, 0.5) is 4.39 Å². The van der Waals surface area contributed by atoms with Crippen molar-refractivity contribution < 1.29 is 33.4 Å². The Morgan fingerprint density at radius 3 is 3.05 bits per heavy atom. The molecule has 2 fully saturated rings. The van der Waals surface area contributed by atoms with E-state index in [0.29, 0.717) is 0 Å². The number of hydrogen-bond donors (Lipinski definition) is 3. The van der Waals surface area contributed by atoms with Crippen LogP contribution >= 0.6 is 0 Å². The summed E-state index contributed by atoms with van der Waals surface area (Å²) < 4.78 is 31.4. The van der Waals surface area contributed by atoms with Gasteiger partial charge in [-0.15, -0.1) is 0 Å². The molecule has 9 heteroatoms. The normalized spacial score (nSPS) is 40.0. The first-order chi connectivity index (χ1) is 9.40. The number of aromatic nitrogens is 2. The monoisotopic (exact) mass is 289 g/mol. The van der Waals surface area contributed by atoms with Crippen molar-refractivity contribution >= 4 is 0 Å². The topological polar surface area (TPSA) is 105 Å². The molecule has 20 heavy (non-hydrogen) atoms. The predicted octanol–water partition coefficient (Wildman–Crippen LogP) is -1.31. The summed E-state index contributed by atoms with van der Waals surface area (Å²) in [6.45, 7) is 0.471. The van der Waals surface area contributed by atoms with Gasteiger partial charge in [-0.1, -0.05) is 0 Å². The minimum atomic E-state index is -2.45. The van der Waals surface area contributed by atoms with Crippen LogP contribution in [-0.4, -0.2) is 46.2 Å². The lowest BCUT2D eigenvalue weighted by Crippen LogP contribution is -2.53. The molecule has 1 aromatic heterocycles. The number of halogens is 1. The number of H-pyrrole nitrogens is 1. The minimum Gasteiger partial charge on any atom is -0.446 e. The largest absolute Gasteiger partial charge is 0.456 e. The molecule has 4 atom stereocenters. The Bertz CT molecular complexity index is 595. The lowest BCUT2D eigenvalue weighted by atomic mass is 9.95. The quantitative estimate of drug-likeness (QED) is 0.584. The second-order valence-corrected chi connectivity index (χ2v) is 4.94. The van der Waals surface area contributed by atoms with Gasteiger partial charge in [0.15, 0.2) is 11.7 Å². The van der Waals surface area contributed by atoms with Crippen LogP contribution < -0.4 is 10.1 Å². The highest BCUT2D eigenvalue weighted by Crippen LogP contribution is 2.49. The Morgan fingerprint density at radius 2 is 2.40 bits per heavy atom. The van der Waals surface area contributed by atoms with Crippen molar-refractivity contribution in [3.63, 3.8) is 0 Å². The summed E-state index contributed by atoms with van der Waals surface area (Å²) in [5.74, 6) is -2.45. The average molecular weight is 289 g/mol. The molecular formula is C11H14FN2O6+. The maximum atomic E-state index is 14.5. The highest BCUT2D eigenvalue weighted by Gasteiger charge is 2.70. The molecule has 0 amide bonds. The lowest BCUT2D eigenvalue weighted by molar-refractivity contribution is -0.781. The van der Waals surface area contributed by atoms with Crippen molar-refractivity contribution in [3.05, 3.63) is 22.6 Å². The fraction of sp³-hybridized carbons (Fsp3) is 0.636. The van der Waals surface area contributed by atoms with E-state index in [1.807, 2.05) is 0 Å². The van der Waals surface area contributed by atoms with E-state index >= 15 is 0 Å². The molecule has 0 radical (unpaired) electrons. The van der Waals surface area contributed by atoms with Crippen LogP contribution in [0.25, 0.3) is 0 Å². The van der Waals surface area contributed by atoms with Crippen molar-refractivity contribution in [1.82, 2.24) is 4.98 Å². The third kappa shape index (κ3) is 1.67. The van der Waals surface area contributed by atoms with Gasteiger partial charge in [-0.3, -0.25) is 4.74 Å². The average Bonchev–Trinajstić information content (AvgIpc) is 2.88. The zero-order chi connectivity index (χ0) is 14.5. The maximum Gasteiger partial charge on any atom is 0.456 e. The number of rotatable bonds is 2. The van der Waals surface area contributed by atoms with Crippen LogP contribution in [0.3, 0.4) is 0 Å². The van der Waals surface area contributed by atoms with E-state index in [4.69, 9.17) is 14.2 Å². The van der Waals surface area contributed by atoms with E-state index in [2.05, 4.69) is 4.98 Å². The van der Waals surface area contributed by atoms with E-state index in [1.54, 1.807) is 6.92 Å². The zero-order valence-corrected chi connectivity index (χ0v) is 10.6. The summed E-state index contributed by atoms with van der Waals surface area (Å²) in [5.41, 5.74) is -1.77. The highest BCUT2D eigenvalue weighted by atomic mass is 19.2. The molecule has 2 saturated heterocycles. The first kappa shape index (κ1) is 13.4. The molecule has 0 saturated carbocycles. The van der Waals surface area contributed by atoms with Crippen molar-refractivity contribution in [2.75, 3.05) is 13.4 Å². The second kappa shape index (κ2) is 4.22.